The van der Waals surface area contributed by atoms with Crippen LogP contribution in [-0.4, -0.2) is 93.0 Å². The molecule has 0 fully saturated rings. The van der Waals surface area contributed by atoms with E-state index in [4.69, 9.17) is 14.2 Å². The number of amides is 1. The zero-order chi connectivity index (χ0) is 44.2. The zero-order valence-electron chi connectivity index (χ0n) is 40.8. The number of ether oxygens (including phenoxy) is 3. The van der Waals surface area contributed by atoms with Gasteiger partial charge in [-0.05, 0) is 79.6 Å². The molecule has 1 amide bonds. The summed E-state index contributed by atoms with van der Waals surface area (Å²) in [5.74, 6) is -0.287. The van der Waals surface area contributed by atoms with Crippen LogP contribution in [0.5, 0.6) is 0 Å². The van der Waals surface area contributed by atoms with Crippen LogP contribution in [0, 0.1) is 0 Å². The first-order chi connectivity index (χ1) is 29.1. The van der Waals surface area contributed by atoms with Crippen LogP contribution < -0.4 is 5.32 Å². The van der Waals surface area contributed by atoms with Gasteiger partial charge in [0.25, 0.3) is 0 Å². The number of nitrogens with zero attached hydrogens (tertiary/aromatic N) is 2. The predicted molar refractivity (Wildman–Crippen MR) is 254 cm³/mol. The Labute approximate surface area is 372 Å². The molecule has 60 heavy (non-hydrogen) atoms. The largest absolute Gasteiger partial charge is 0.466 e. The molecular weight excluding hydrogens is 751 g/mol. The van der Waals surface area contributed by atoms with Gasteiger partial charge < -0.3 is 29.3 Å². The first kappa shape index (κ1) is 58.1. The summed E-state index contributed by atoms with van der Waals surface area (Å²) in [4.78, 5) is 41.7. The van der Waals surface area contributed by atoms with Gasteiger partial charge in [-0.15, -0.1) is 0 Å². The summed E-state index contributed by atoms with van der Waals surface area (Å²) in [5, 5.41) is 2.83. The van der Waals surface area contributed by atoms with E-state index in [-0.39, 0.29) is 18.0 Å². The maximum absolute atomic E-state index is 12.7. The fraction of sp³-hybridized carbons (Fsp3) is 0.941. The molecule has 0 aromatic carbocycles. The first-order valence-electron chi connectivity index (χ1n) is 25.8. The lowest BCUT2D eigenvalue weighted by molar-refractivity contribution is -0.144. The second kappa shape index (κ2) is 43.8. The molecule has 0 aliphatic rings. The summed E-state index contributed by atoms with van der Waals surface area (Å²) < 4.78 is 16.5. The van der Waals surface area contributed by atoms with Crippen molar-refractivity contribution in [2.75, 3.05) is 59.5 Å². The van der Waals surface area contributed by atoms with Crippen LogP contribution in [0.25, 0.3) is 0 Å². The Kier molecular flexibility index (Phi) is 42.4. The Balaban J connectivity index is 4.32. The number of nitrogens with one attached hydrogen (secondary N) is 1. The number of alkyl carbamates (subject to hydrolysis) is 1. The molecular formula is C51H101N3O6. The van der Waals surface area contributed by atoms with E-state index in [1.165, 1.54) is 154 Å². The SMILES string of the molecule is CCCCCCCCCCCCCCCCOC(=O)CCN(CCCCN(C)CCCNC(=O)OC(C)(C)C)CCC(=O)OCCCCCCCCCCCCCCCC. The minimum Gasteiger partial charge on any atom is -0.466 e. The monoisotopic (exact) mass is 852 g/mol. The van der Waals surface area contributed by atoms with Crippen molar-refractivity contribution in [3.8, 4) is 0 Å². The van der Waals surface area contributed by atoms with E-state index in [9.17, 15) is 14.4 Å². The highest BCUT2D eigenvalue weighted by Gasteiger charge is 2.16. The number of hydrogen-bond donors (Lipinski definition) is 1. The van der Waals surface area contributed by atoms with Crippen molar-refractivity contribution in [1.29, 1.82) is 0 Å². The lowest BCUT2D eigenvalue weighted by Gasteiger charge is -2.23. The molecule has 0 aromatic heterocycles. The van der Waals surface area contributed by atoms with E-state index >= 15 is 0 Å². The van der Waals surface area contributed by atoms with Gasteiger partial charge in [0, 0.05) is 19.6 Å². The maximum atomic E-state index is 12.7. The second-order valence-electron chi connectivity index (χ2n) is 18.8. The molecule has 0 saturated heterocycles. The van der Waals surface area contributed by atoms with Crippen molar-refractivity contribution in [2.24, 2.45) is 0 Å². The summed E-state index contributed by atoms with van der Waals surface area (Å²) in [7, 11) is 2.10. The van der Waals surface area contributed by atoms with Crippen LogP contribution >= 0.6 is 0 Å². The van der Waals surface area contributed by atoms with Gasteiger partial charge >= 0.3 is 18.0 Å². The molecule has 0 unspecified atom stereocenters. The van der Waals surface area contributed by atoms with Gasteiger partial charge in [-0.25, -0.2) is 4.79 Å². The molecule has 0 saturated carbocycles. The lowest BCUT2D eigenvalue weighted by atomic mass is 10.0. The van der Waals surface area contributed by atoms with Crippen LogP contribution in [0.4, 0.5) is 4.79 Å². The summed E-state index contributed by atoms with van der Waals surface area (Å²) in [5.41, 5.74) is -0.494. The third-order valence-corrected chi connectivity index (χ3v) is 11.4. The fourth-order valence-electron chi connectivity index (χ4n) is 7.63. The molecule has 0 aliphatic carbocycles. The smallest absolute Gasteiger partial charge is 0.407 e. The molecule has 1 N–H and O–H groups in total. The molecule has 0 aromatic rings. The summed E-state index contributed by atoms with van der Waals surface area (Å²) in [6.07, 6.45) is 39.8. The molecule has 0 rings (SSSR count). The number of rotatable bonds is 45. The zero-order valence-corrected chi connectivity index (χ0v) is 40.8. The molecule has 9 nitrogen and oxygen atoms in total. The van der Waals surface area contributed by atoms with Crippen molar-refractivity contribution >= 4 is 18.0 Å². The van der Waals surface area contributed by atoms with Crippen LogP contribution in [0.1, 0.15) is 247 Å². The van der Waals surface area contributed by atoms with Crippen molar-refractivity contribution in [3.63, 3.8) is 0 Å². The third kappa shape index (κ3) is 45.7. The highest BCUT2D eigenvalue weighted by Crippen LogP contribution is 2.15. The predicted octanol–water partition coefficient (Wildman–Crippen LogP) is 13.7. The highest BCUT2D eigenvalue weighted by molar-refractivity contribution is 5.70. The first-order valence-corrected chi connectivity index (χ1v) is 25.8. The maximum Gasteiger partial charge on any atom is 0.407 e. The van der Waals surface area contributed by atoms with Gasteiger partial charge in [0.1, 0.15) is 5.60 Å². The second-order valence-corrected chi connectivity index (χ2v) is 18.8. The molecule has 356 valence electrons. The Bertz CT molecular complexity index is 908. The Morgan fingerprint density at radius 3 is 1.13 bits per heavy atom. The molecule has 0 bridgehead atoms. The normalized spacial score (nSPS) is 11.7. The van der Waals surface area contributed by atoms with Gasteiger partial charge in [-0.2, -0.15) is 0 Å². The van der Waals surface area contributed by atoms with E-state index < -0.39 is 5.60 Å². The molecule has 0 spiro atoms. The number of unbranched alkanes of at least 4 members (excludes halogenated alkanes) is 27. The van der Waals surface area contributed by atoms with Crippen molar-refractivity contribution < 1.29 is 28.6 Å². The standard InChI is InChI=1S/C51H101N3O6/c1-7-9-11-13-15-17-19-21-23-25-27-29-31-35-46-58-48(55)38-44-54(43-34-33-41-53(6)42-37-40-52-50(57)60-51(3,4)5)45-39-49(56)59-47-36-32-30-28-26-24-22-20-18-16-14-12-10-8-2/h7-47H2,1-6H3,(H,52,57). The Morgan fingerprint density at radius 2 is 0.767 bits per heavy atom. The van der Waals surface area contributed by atoms with Gasteiger partial charge in [0.15, 0.2) is 0 Å². The van der Waals surface area contributed by atoms with Gasteiger partial charge in [0.05, 0.1) is 26.1 Å². The third-order valence-electron chi connectivity index (χ3n) is 11.4. The average molecular weight is 852 g/mol. The van der Waals surface area contributed by atoms with Crippen LogP contribution in [-0.2, 0) is 23.8 Å². The topological polar surface area (TPSA) is 97.4 Å². The number of carbonyl (C=O) groups excluding carboxylic acids is 3. The number of carbonyl (C=O) groups is 3. The quantitative estimate of drug-likeness (QED) is 0.0367. The van der Waals surface area contributed by atoms with Crippen molar-refractivity contribution in [3.05, 3.63) is 0 Å². The molecule has 0 aliphatic heterocycles. The molecule has 0 radical (unpaired) electrons. The summed E-state index contributed by atoms with van der Waals surface area (Å²) in [6, 6.07) is 0. The van der Waals surface area contributed by atoms with E-state index in [0.29, 0.717) is 45.7 Å². The highest BCUT2D eigenvalue weighted by atomic mass is 16.6. The van der Waals surface area contributed by atoms with E-state index in [1.807, 2.05) is 20.8 Å². The van der Waals surface area contributed by atoms with Crippen molar-refractivity contribution in [2.45, 2.75) is 252 Å². The van der Waals surface area contributed by atoms with E-state index in [0.717, 1.165) is 64.6 Å². The minimum absolute atomic E-state index is 0.144. The van der Waals surface area contributed by atoms with Gasteiger partial charge in [-0.1, -0.05) is 181 Å². The van der Waals surface area contributed by atoms with E-state index in [2.05, 4.69) is 36.0 Å². The summed E-state index contributed by atoms with van der Waals surface area (Å²) >= 11 is 0. The van der Waals surface area contributed by atoms with E-state index in [1.54, 1.807) is 0 Å². The van der Waals surface area contributed by atoms with Gasteiger partial charge in [0.2, 0.25) is 0 Å². The van der Waals surface area contributed by atoms with Crippen LogP contribution in [0.3, 0.4) is 0 Å². The summed E-state index contributed by atoms with van der Waals surface area (Å²) in [6.45, 7) is 15.6. The van der Waals surface area contributed by atoms with Crippen LogP contribution in [0.2, 0.25) is 0 Å². The average Bonchev–Trinajstić information content (AvgIpc) is 3.21. The van der Waals surface area contributed by atoms with Crippen LogP contribution in [0.15, 0.2) is 0 Å². The lowest BCUT2D eigenvalue weighted by Crippen LogP contribution is -2.34. The number of hydrogen-bond acceptors (Lipinski definition) is 8. The fourth-order valence-corrected chi connectivity index (χ4v) is 7.63. The molecule has 0 atom stereocenters. The molecule has 9 heteroatoms. The van der Waals surface area contributed by atoms with Crippen molar-refractivity contribution in [1.82, 2.24) is 15.1 Å². The Hall–Kier alpha value is -1.87. The molecule has 0 heterocycles. The minimum atomic E-state index is -0.494. The Morgan fingerprint density at radius 1 is 0.433 bits per heavy atom. The number of esters is 2. The van der Waals surface area contributed by atoms with Gasteiger partial charge in [-0.3, -0.25) is 9.59 Å².